The maximum absolute atomic E-state index is 12.6. The van der Waals surface area contributed by atoms with Crippen LogP contribution in [-0.4, -0.2) is 26.9 Å². The molecule has 0 saturated carbocycles. The van der Waals surface area contributed by atoms with Crippen molar-refractivity contribution in [2.24, 2.45) is 5.73 Å². The van der Waals surface area contributed by atoms with Gasteiger partial charge >= 0.3 is 0 Å². The second-order valence-corrected chi connectivity index (χ2v) is 8.12. The first kappa shape index (κ1) is 19.9. The quantitative estimate of drug-likeness (QED) is 0.692. The van der Waals surface area contributed by atoms with Gasteiger partial charge in [0.15, 0.2) is 0 Å². The molecule has 2 aromatic rings. The van der Waals surface area contributed by atoms with E-state index < -0.39 is 10.0 Å². The summed E-state index contributed by atoms with van der Waals surface area (Å²) in [4.78, 5) is 12.3. The number of aryl methyl sites for hydroxylation is 2. The Labute approximate surface area is 154 Å². The Morgan fingerprint density at radius 3 is 2.38 bits per heavy atom. The van der Waals surface area contributed by atoms with Gasteiger partial charge < -0.3 is 11.1 Å². The monoisotopic (exact) mass is 375 g/mol. The molecule has 2 rings (SSSR count). The molecule has 1 amide bonds. The molecule has 0 heterocycles. The van der Waals surface area contributed by atoms with Crippen LogP contribution in [-0.2, 0) is 10.0 Å². The molecule has 2 aromatic carbocycles. The minimum atomic E-state index is -3.69. The van der Waals surface area contributed by atoms with Gasteiger partial charge in [0.05, 0.1) is 4.90 Å². The highest BCUT2D eigenvalue weighted by Crippen LogP contribution is 2.21. The van der Waals surface area contributed by atoms with E-state index in [0.29, 0.717) is 29.8 Å². The van der Waals surface area contributed by atoms with E-state index in [2.05, 4.69) is 10.0 Å². The van der Waals surface area contributed by atoms with Gasteiger partial charge in [-0.05, 0) is 68.7 Å². The summed E-state index contributed by atoms with van der Waals surface area (Å²) in [6.45, 7) is 5.97. The molecule has 140 valence electrons. The Bertz CT molecular complexity index is 875. The second-order valence-electron chi connectivity index (χ2n) is 6.47. The first-order valence-electron chi connectivity index (χ1n) is 8.43. The zero-order valence-corrected chi connectivity index (χ0v) is 16.1. The lowest BCUT2D eigenvalue weighted by Gasteiger charge is -2.12. The highest BCUT2D eigenvalue weighted by Gasteiger charge is 2.17. The highest BCUT2D eigenvalue weighted by atomic mass is 32.2. The van der Waals surface area contributed by atoms with Gasteiger partial charge in [0.25, 0.3) is 15.9 Å². The molecule has 0 bridgehead atoms. The minimum Gasteiger partial charge on any atom is -0.352 e. The fourth-order valence-electron chi connectivity index (χ4n) is 2.41. The number of hydrogen-bond donors (Lipinski definition) is 3. The molecule has 0 aliphatic heterocycles. The van der Waals surface area contributed by atoms with Crippen molar-refractivity contribution in [3.05, 3.63) is 59.2 Å². The first-order chi connectivity index (χ1) is 12.2. The number of carbonyl (C=O) groups is 1. The molecule has 1 unspecified atom stereocenters. The van der Waals surface area contributed by atoms with Crippen molar-refractivity contribution in [2.75, 3.05) is 11.3 Å². The lowest BCUT2D eigenvalue weighted by atomic mass is 10.2. The number of carbonyl (C=O) groups excluding carboxylic acids is 1. The molecule has 0 saturated heterocycles. The van der Waals surface area contributed by atoms with E-state index in [4.69, 9.17) is 5.73 Å². The minimum absolute atomic E-state index is 0.0252. The van der Waals surface area contributed by atoms with E-state index in [1.165, 1.54) is 0 Å². The molecule has 0 radical (unpaired) electrons. The third-order valence-corrected chi connectivity index (χ3v) is 5.44. The zero-order chi connectivity index (χ0) is 19.3. The average molecular weight is 375 g/mol. The van der Waals surface area contributed by atoms with Crippen LogP contribution < -0.4 is 15.8 Å². The molecule has 1 atom stereocenters. The molecule has 7 heteroatoms. The Hall–Kier alpha value is -2.38. The Morgan fingerprint density at radius 2 is 1.77 bits per heavy atom. The molecule has 0 fully saturated rings. The topological polar surface area (TPSA) is 101 Å². The van der Waals surface area contributed by atoms with Gasteiger partial charge in [0.1, 0.15) is 0 Å². The largest absolute Gasteiger partial charge is 0.352 e. The van der Waals surface area contributed by atoms with Crippen LogP contribution in [0.15, 0.2) is 47.4 Å². The van der Waals surface area contributed by atoms with Crippen molar-refractivity contribution in [3.63, 3.8) is 0 Å². The van der Waals surface area contributed by atoms with E-state index in [9.17, 15) is 13.2 Å². The summed E-state index contributed by atoms with van der Waals surface area (Å²) in [5.41, 5.74) is 8.06. The fraction of sp³-hybridized carbons (Fsp3) is 0.316. The number of amides is 1. The summed E-state index contributed by atoms with van der Waals surface area (Å²) < 4.78 is 27.7. The fourth-order valence-corrected chi connectivity index (χ4v) is 3.80. The zero-order valence-electron chi connectivity index (χ0n) is 15.2. The van der Waals surface area contributed by atoms with Gasteiger partial charge in [0.2, 0.25) is 0 Å². The van der Waals surface area contributed by atoms with E-state index >= 15 is 0 Å². The molecular formula is C19H25N3O3S. The van der Waals surface area contributed by atoms with E-state index in [1.54, 1.807) is 43.3 Å². The van der Waals surface area contributed by atoms with Gasteiger partial charge in [-0.2, -0.15) is 0 Å². The molecule has 0 aromatic heterocycles. The molecule has 4 N–H and O–H groups in total. The number of hydrogen-bond acceptors (Lipinski definition) is 4. The maximum atomic E-state index is 12.6. The van der Waals surface area contributed by atoms with Gasteiger partial charge in [-0.15, -0.1) is 0 Å². The van der Waals surface area contributed by atoms with Crippen LogP contribution in [0.2, 0.25) is 0 Å². The smallest absolute Gasteiger partial charge is 0.262 e. The molecule has 0 aliphatic carbocycles. The number of sulfonamides is 1. The van der Waals surface area contributed by atoms with Gasteiger partial charge in [-0.3, -0.25) is 9.52 Å². The third-order valence-electron chi connectivity index (χ3n) is 3.92. The van der Waals surface area contributed by atoms with Crippen LogP contribution in [0, 0.1) is 13.8 Å². The van der Waals surface area contributed by atoms with E-state index in [1.807, 2.05) is 19.9 Å². The van der Waals surface area contributed by atoms with Crippen LogP contribution in [0.25, 0.3) is 0 Å². The number of nitrogens with two attached hydrogens (primary N) is 1. The number of anilines is 1. The van der Waals surface area contributed by atoms with Crippen LogP contribution in [0.4, 0.5) is 5.69 Å². The Balaban J connectivity index is 2.09. The van der Waals surface area contributed by atoms with Crippen molar-refractivity contribution in [2.45, 2.75) is 38.1 Å². The van der Waals surface area contributed by atoms with Crippen LogP contribution in [0.5, 0.6) is 0 Å². The van der Waals surface area contributed by atoms with Gasteiger partial charge in [-0.1, -0.05) is 12.1 Å². The molecule has 6 nitrogen and oxygen atoms in total. The average Bonchev–Trinajstić information content (AvgIpc) is 2.57. The summed E-state index contributed by atoms with van der Waals surface area (Å²) in [6.07, 6.45) is 0.694. The van der Waals surface area contributed by atoms with Crippen molar-refractivity contribution >= 4 is 21.6 Å². The summed E-state index contributed by atoms with van der Waals surface area (Å²) in [6, 6.07) is 11.6. The van der Waals surface area contributed by atoms with Gasteiger partial charge in [0, 0.05) is 23.8 Å². The normalized spacial score (nSPS) is 12.5. The third kappa shape index (κ3) is 5.31. The highest BCUT2D eigenvalue weighted by molar-refractivity contribution is 7.92. The Kier molecular flexibility index (Phi) is 6.39. The predicted octanol–water partition coefficient (Wildman–Crippen LogP) is 2.57. The number of rotatable bonds is 7. The van der Waals surface area contributed by atoms with Crippen LogP contribution >= 0.6 is 0 Å². The van der Waals surface area contributed by atoms with Crippen LogP contribution in [0.3, 0.4) is 0 Å². The summed E-state index contributed by atoms with van der Waals surface area (Å²) >= 11 is 0. The first-order valence-corrected chi connectivity index (χ1v) is 9.91. The summed E-state index contributed by atoms with van der Waals surface area (Å²) in [7, 11) is -3.69. The van der Waals surface area contributed by atoms with Crippen molar-refractivity contribution in [3.8, 4) is 0 Å². The lowest BCUT2D eigenvalue weighted by Crippen LogP contribution is -2.28. The molecular weight excluding hydrogens is 350 g/mol. The SMILES string of the molecule is Cc1ccc(C)c(S(=O)(=O)Nc2ccc(C(=O)NCCC(C)N)cc2)c1. The van der Waals surface area contributed by atoms with Crippen molar-refractivity contribution < 1.29 is 13.2 Å². The van der Waals surface area contributed by atoms with E-state index in [-0.39, 0.29) is 16.8 Å². The van der Waals surface area contributed by atoms with E-state index in [0.717, 1.165) is 5.56 Å². The molecule has 0 aliphatic rings. The lowest BCUT2D eigenvalue weighted by molar-refractivity contribution is 0.0953. The second kappa shape index (κ2) is 8.33. The molecule has 0 spiro atoms. The maximum Gasteiger partial charge on any atom is 0.262 e. The number of benzene rings is 2. The van der Waals surface area contributed by atoms with Crippen LogP contribution in [0.1, 0.15) is 34.8 Å². The predicted molar refractivity (Wildman–Crippen MR) is 104 cm³/mol. The number of nitrogens with one attached hydrogen (secondary N) is 2. The van der Waals surface area contributed by atoms with Gasteiger partial charge in [-0.25, -0.2) is 8.42 Å². The standard InChI is InChI=1S/C19H25N3O3S/c1-13-4-5-14(2)18(12-13)26(24,25)22-17-8-6-16(7-9-17)19(23)21-11-10-15(3)20/h4-9,12,15,22H,10-11,20H2,1-3H3,(H,21,23). The summed E-state index contributed by atoms with van der Waals surface area (Å²) in [5, 5.41) is 2.78. The Morgan fingerprint density at radius 1 is 1.12 bits per heavy atom. The van der Waals surface area contributed by atoms with Crippen molar-refractivity contribution in [1.29, 1.82) is 0 Å². The molecule has 26 heavy (non-hydrogen) atoms. The van der Waals surface area contributed by atoms with Crippen molar-refractivity contribution in [1.82, 2.24) is 5.32 Å². The summed E-state index contributed by atoms with van der Waals surface area (Å²) in [5.74, 6) is -0.213.